The second-order valence-corrected chi connectivity index (χ2v) is 21.3. The lowest BCUT2D eigenvalue weighted by atomic mass is 9.99. The topological polar surface area (TPSA) is 44.8 Å². The molecule has 0 aliphatic rings. The lowest BCUT2D eigenvalue weighted by molar-refractivity contribution is -0.140. The van der Waals surface area contributed by atoms with Gasteiger partial charge in [-0.05, 0) is 58.5 Å². The van der Waals surface area contributed by atoms with E-state index in [2.05, 4.69) is 46.2 Å². The number of ether oxygens (including phenoxy) is 1. The molecule has 6 heteroatoms. The van der Waals surface area contributed by atoms with Crippen molar-refractivity contribution in [2.45, 2.75) is 174 Å². The molecule has 0 N–H and O–H groups in total. The summed E-state index contributed by atoms with van der Waals surface area (Å²) < 4.78 is 18.2. The Morgan fingerprint density at radius 2 is 0.914 bits per heavy atom. The van der Waals surface area contributed by atoms with Crippen molar-refractivity contribution in [3.05, 3.63) is 0 Å². The maximum atomic E-state index is 11.1. The minimum absolute atomic E-state index is 0.0779. The fraction of sp³-hybridized carbons (Fsp3) is 0.966. The Morgan fingerprint density at radius 1 is 0.571 bits per heavy atom. The van der Waals surface area contributed by atoms with E-state index < -0.39 is 16.6 Å². The summed E-state index contributed by atoms with van der Waals surface area (Å²) in [6.07, 6.45) is 22.5. The molecular weight excluding hydrogens is 468 g/mol. The monoisotopic (exact) mass is 530 g/mol. The van der Waals surface area contributed by atoms with Crippen LogP contribution in [-0.4, -0.2) is 41.9 Å². The SMILES string of the molecule is CCCCCCCCC(O[Si](C)(C)C)C(CCCCCCCCCCCC(=O)OC)O[Si](C)(C)C. The molecule has 0 aromatic carbocycles. The van der Waals surface area contributed by atoms with E-state index in [9.17, 15) is 4.79 Å². The third-order valence-electron chi connectivity index (χ3n) is 6.36. The van der Waals surface area contributed by atoms with Crippen LogP contribution in [0, 0.1) is 0 Å². The molecule has 0 bridgehead atoms. The van der Waals surface area contributed by atoms with E-state index in [0.29, 0.717) is 6.42 Å². The average molecular weight is 531 g/mol. The zero-order valence-corrected chi connectivity index (χ0v) is 27.0. The molecule has 0 rings (SSSR count). The number of carbonyl (C=O) groups is 1. The van der Waals surface area contributed by atoms with Crippen molar-refractivity contribution in [1.82, 2.24) is 0 Å². The summed E-state index contributed by atoms with van der Waals surface area (Å²) in [5, 5.41) is 0. The smallest absolute Gasteiger partial charge is 0.305 e. The molecule has 4 nitrogen and oxygen atoms in total. The Bertz CT molecular complexity index is 500. The highest BCUT2D eigenvalue weighted by Gasteiger charge is 2.31. The lowest BCUT2D eigenvalue weighted by Gasteiger charge is -2.36. The van der Waals surface area contributed by atoms with Crippen molar-refractivity contribution in [3.8, 4) is 0 Å². The third-order valence-corrected chi connectivity index (χ3v) is 8.38. The van der Waals surface area contributed by atoms with Crippen LogP contribution in [-0.2, 0) is 18.4 Å². The van der Waals surface area contributed by atoms with Crippen LogP contribution in [0.3, 0.4) is 0 Å². The fourth-order valence-electron chi connectivity index (χ4n) is 4.63. The Labute approximate surface area is 221 Å². The molecule has 0 aromatic heterocycles. The Kier molecular flexibility index (Phi) is 20.7. The summed E-state index contributed by atoms with van der Waals surface area (Å²) in [5.74, 6) is -0.0779. The van der Waals surface area contributed by atoms with Gasteiger partial charge < -0.3 is 13.6 Å². The molecule has 0 aromatic rings. The minimum Gasteiger partial charge on any atom is -0.469 e. The van der Waals surface area contributed by atoms with Gasteiger partial charge in [0.15, 0.2) is 16.6 Å². The van der Waals surface area contributed by atoms with Crippen LogP contribution in [0.15, 0.2) is 0 Å². The summed E-state index contributed by atoms with van der Waals surface area (Å²) in [6, 6.07) is 0. The zero-order chi connectivity index (χ0) is 26.6. The highest BCUT2D eigenvalue weighted by molar-refractivity contribution is 6.70. The van der Waals surface area contributed by atoms with E-state index in [0.717, 1.165) is 25.7 Å². The number of methoxy groups -OCH3 is 1. The summed E-state index contributed by atoms with van der Waals surface area (Å²) in [5.41, 5.74) is 0. The first-order chi connectivity index (χ1) is 16.5. The first kappa shape index (κ1) is 34.8. The number of carbonyl (C=O) groups excluding carboxylic acids is 1. The summed E-state index contributed by atoms with van der Waals surface area (Å²) in [7, 11) is -1.77. The van der Waals surface area contributed by atoms with Crippen molar-refractivity contribution < 1.29 is 18.4 Å². The van der Waals surface area contributed by atoms with Crippen LogP contribution in [0.2, 0.25) is 39.3 Å². The first-order valence-corrected chi connectivity index (χ1v) is 21.7. The molecule has 0 radical (unpaired) electrons. The molecule has 0 saturated heterocycles. The second-order valence-electron chi connectivity index (χ2n) is 12.4. The van der Waals surface area contributed by atoms with Gasteiger partial charge in [-0.1, -0.05) is 96.8 Å². The molecule has 0 aliphatic heterocycles. The summed E-state index contributed by atoms with van der Waals surface area (Å²) in [6.45, 7) is 16.2. The molecule has 0 aliphatic carbocycles. The predicted octanol–water partition coefficient (Wildman–Crippen LogP) is 9.64. The van der Waals surface area contributed by atoms with Gasteiger partial charge in [-0.2, -0.15) is 0 Å². The van der Waals surface area contributed by atoms with Crippen LogP contribution in [0.25, 0.3) is 0 Å². The Hall–Kier alpha value is -0.176. The van der Waals surface area contributed by atoms with Gasteiger partial charge >= 0.3 is 5.97 Å². The molecular formula is C29H62O4Si2. The molecule has 0 heterocycles. The van der Waals surface area contributed by atoms with Crippen molar-refractivity contribution in [1.29, 1.82) is 0 Å². The molecule has 0 fully saturated rings. The third kappa shape index (κ3) is 23.9. The summed E-state index contributed by atoms with van der Waals surface area (Å²) >= 11 is 0. The van der Waals surface area contributed by atoms with Gasteiger partial charge in [0.05, 0.1) is 19.3 Å². The maximum Gasteiger partial charge on any atom is 0.305 e. The van der Waals surface area contributed by atoms with Gasteiger partial charge in [0.25, 0.3) is 0 Å². The van der Waals surface area contributed by atoms with Gasteiger partial charge in [0.2, 0.25) is 0 Å². The second kappa shape index (κ2) is 20.8. The highest BCUT2D eigenvalue weighted by Crippen LogP contribution is 2.25. The van der Waals surface area contributed by atoms with E-state index >= 15 is 0 Å². The van der Waals surface area contributed by atoms with Crippen molar-refractivity contribution in [2.75, 3.05) is 7.11 Å². The molecule has 0 amide bonds. The number of hydrogen-bond donors (Lipinski definition) is 0. The van der Waals surface area contributed by atoms with Gasteiger partial charge in [-0.3, -0.25) is 4.79 Å². The first-order valence-electron chi connectivity index (χ1n) is 14.9. The molecule has 2 atom stereocenters. The van der Waals surface area contributed by atoms with Crippen molar-refractivity contribution in [3.63, 3.8) is 0 Å². The average Bonchev–Trinajstić information content (AvgIpc) is 2.76. The molecule has 0 spiro atoms. The number of hydrogen-bond acceptors (Lipinski definition) is 4. The van der Waals surface area contributed by atoms with Gasteiger partial charge in [-0.25, -0.2) is 0 Å². The van der Waals surface area contributed by atoms with Crippen LogP contribution in [0.4, 0.5) is 0 Å². The largest absolute Gasteiger partial charge is 0.469 e. The van der Waals surface area contributed by atoms with Crippen molar-refractivity contribution >= 4 is 22.6 Å². The van der Waals surface area contributed by atoms with E-state index in [1.54, 1.807) is 0 Å². The normalized spacial score (nSPS) is 14.2. The molecule has 210 valence electrons. The van der Waals surface area contributed by atoms with Gasteiger partial charge in [0.1, 0.15) is 0 Å². The van der Waals surface area contributed by atoms with E-state index in [4.69, 9.17) is 13.6 Å². The number of unbranched alkanes of at least 4 members (excludes halogenated alkanes) is 13. The van der Waals surface area contributed by atoms with Crippen LogP contribution >= 0.6 is 0 Å². The predicted molar refractivity (Wildman–Crippen MR) is 157 cm³/mol. The quantitative estimate of drug-likeness (QED) is 0.0707. The standard InChI is InChI=1S/C29H62O4Si2/c1-9-10-11-12-18-21-24-27(32-34(3,4)5)28(33-35(6,7)8)25-22-19-16-14-13-15-17-20-23-26-29(30)31-2/h27-28H,9-26H2,1-8H3. The molecule has 35 heavy (non-hydrogen) atoms. The van der Waals surface area contributed by atoms with Crippen molar-refractivity contribution in [2.24, 2.45) is 0 Å². The van der Waals surface area contributed by atoms with Gasteiger partial charge in [0, 0.05) is 6.42 Å². The Balaban J connectivity index is 4.41. The van der Waals surface area contributed by atoms with Crippen LogP contribution in [0.5, 0.6) is 0 Å². The fourth-order valence-corrected chi connectivity index (χ4v) is 6.99. The molecule has 2 unspecified atom stereocenters. The van der Waals surface area contributed by atoms with Gasteiger partial charge in [-0.15, -0.1) is 0 Å². The number of rotatable bonds is 24. The zero-order valence-electron chi connectivity index (χ0n) is 25.0. The maximum absolute atomic E-state index is 11.1. The summed E-state index contributed by atoms with van der Waals surface area (Å²) in [4.78, 5) is 11.1. The van der Waals surface area contributed by atoms with Crippen LogP contribution in [0.1, 0.15) is 122 Å². The van der Waals surface area contributed by atoms with E-state index in [1.807, 2.05) is 0 Å². The Morgan fingerprint density at radius 3 is 1.26 bits per heavy atom. The van der Waals surface area contributed by atoms with Crippen LogP contribution < -0.4 is 0 Å². The minimum atomic E-state index is -1.62. The van der Waals surface area contributed by atoms with E-state index in [1.165, 1.54) is 90.6 Å². The molecule has 0 saturated carbocycles. The number of esters is 1. The lowest BCUT2D eigenvalue weighted by Crippen LogP contribution is -2.44. The van der Waals surface area contributed by atoms with E-state index in [-0.39, 0.29) is 18.2 Å². The highest BCUT2D eigenvalue weighted by atomic mass is 28.4.